The van der Waals surface area contributed by atoms with Gasteiger partial charge in [0.15, 0.2) is 11.7 Å². The second-order valence-corrected chi connectivity index (χ2v) is 7.15. The predicted octanol–water partition coefficient (Wildman–Crippen LogP) is 3.56. The van der Waals surface area contributed by atoms with Crippen LogP contribution < -0.4 is 10.6 Å². The van der Waals surface area contributed by atoms with Crippen molar-refractivity contribution in [1.29, 1.82) is 0 Å². The van der Waals surface area contributed by atoms with E-state index in [2.05, 4.69) is 58.5 Å². The molecule has 3 N–H and O–H groups in total. The van der Waals surface area contributed by atoms with Gasteiger partial charge in [0.2, 0.25) is 5.82 Å². The molecule has 0 radical (unpaired) electrons. The number of nitrogens with one attached hydrogen (secondary N) is 3. The molecule has 25 heavy (non-hydrogen) atoms. The van der Waals surface area contributed by atoms with Crippen molar-refractivity contribution in [3.05, 3.63) is 24.2 Å². The lowest BCUT2D eigenvalue weighted by molar-refractivity contribution is 0.346. The van der Waals surface area contributed by atoms with Crippen molar-refractivity contribution in [2.24, 2.45) is 10.4 Å². The summed E-state index contributed by atoms with van der Waals surface area (Å²) in [4.78, 5) is 8.66. The Balaban J connectivity index is 0.00000312. The zero-order chi connectivity index (χ0) is 17.6. The van der Waals surface area contributed by atoms with E-state index >= 15 is 0 Å². The molecule has 1 unspecified atom stereocenters. The first-order chi connectivity index (χ1) is 11.4. The van der Waals surface area contributed by atoms with Crippen molar-refractivity contribution in [3.63, 3.8) is 0 Å². The molecule has 0 aromatic carbocycles. The molecule has 0 fully saturated rings. The minimum atomic E-state index is 0. The first-order valence-electron chi connectivity index (χ1n) is 8.30. The number of hydrogen-bond donors (Lipinski definition) is 3. The smallest absolute Gasteiger partial charge is 0.216 e. The fourth-order valence-electron chi connectivity index (χ4n) is 2.21. The minimum absolute atomic E-state index is 0. The summed E-state index contributed by atoms with van der Waals surface area (Å²) in [6.07, 6.45) is 3.86. The zero-order valence-electron chi connectivity index (χ0n) is 15.6. The van der Waals surface area contributed by atoms with Crippen molar-refractivity contribution < 1.29 is 4.42 Å². The number of rotatable bonds is 6. The summed E-state index contributed by atoms with van der Waals surface area (Å²) in [6, 6.07) is 4.00. The van der Waals surface area contributed by atoms with Gasteiger partial charge in [-0.2, -0.15) is 0 Å². The Morgan fingerprint density at radius 1 is 1.40 bits per heavy atom. The number of nitrogens with zero attached hydrogens (tertiary/aromatic N) is 3. The average Bonchev–Trinajstić information content (AvgIpc) is 3.19. The molecule has 0 bridgehead atoms. The first-order valence-corrected chi connectivity index (χ1v) is 8.30. The summed E-state index contributed by atoms with van der Waals surface area (Å²) in [5.74, 6) is 2.69. The Labute approximate surface area is 166 Å². The number of H-pyrrole nitrogens is 1. The molecule has 2 heterocycles. The molecule has 8 heteroatoms. The third-order valence-electron chi connectivity index (χ3n) is 3.63. The van der Waals surface area contributed by atoms with Gasteiger partial charge < -0.3 is 15.1 Å². The normalized spacial score (nSPS) is 13.2. The van der Waals surface area contributed by atoms with E-state index in [1.807, 2.05) is 12.1 Å². The molecular weight excluding hydrogens is 431 g/mol. The summed E-state index contributed by atoms with van der Waals surface area (Å²) in [5.41, 5.74) is 0.342. The van der Waals surface area contributed by atoms with E-state index in [0.717, 1.165) is 24.6 Å². The molecule has 0 aliphatic heterocycles. The van der Waals surface area contributed by atoms with Crippen molar-refractivity contribution in [1.82, 2.24) is 25.8 Å². The summed E-state index contributed by atoms with van der Waals surface area (Å²) in [7, 11) is 1.76. The molecule has 0 saturated heterocycles. The van der Waals surface area contributed by atoms with Gasteiger partial charge in [-0.1, -0.05) is 20.8 Å². The molecule has 0 spiro atoms. The van der Waals surface area contributed by atoms with Gasteiger partial charge in [0.05, 0.1) is 12.8 Å². The van der Waals surface area contributed by atoms with Crippen LogP contribution in [-0.2, 0) is 6.54 Å². The minimum Gasteiger partial charge on any atom is -0.461 e. The number of aromatic nitrogens is 3. The zero-order valence-corrected chi connectivity index (χ0v) is 17.9. The highest BCUT2D eigenvalue weighted by atomic mass is 127. The molecule has 2 aromatic rings. The fraction of sp³-hybridized carbons (Fsp3) is 0.588. The summed E-state index contributed by atoms with van der Waals surface area (Å²) < 4.78 is 5.29. The molecular formula is C17H29IN6O. The predicted molar refractivity (Wildman–Crippen MR) is 111 cm³/mol. The fourth-order valence-corrected chi connectivity index (χ4v) is 2.21. The van der Waals surface area contributed by atoms with Crippen LogP contribution in [0.2, 0.25) is 0 Å². The maximum atomic E-state index is 5.29. The number of furan rings is 1. The van der Waals surface area contributed by atoms with Crippen molar-refractivity contribution in [2.75, 3.05) is 7.05 Å². The van der Waals surface area contributed by atoms with Crippen LogP contribution in [0.15, 0.2) is 27.8 Å². The van der Waals surface area contributed by atoms with Crippen molar-refractivity contribution >= 4 is 29.9 Å². The van der Waals surface area contributed by atoms with Crippen LogP contribution in [0.5, 0.6) is 0 Å². The topological polar surface area (TPSA) is 91.1 Å². The quantitative estimate of drug-likeness (QED) is 0.349. The van der Waals surface area contributed by atoms with E-state index in [0.29, 0.717) is 29.6 Å². The van der Waals surface area contributed by atoms with Gasteiger partial charge in [0.1, 0.15) is 5.82 Å². The van der Waals surface area contributed by atoms with Gasteiger partial charge in [-0.15, -0.1) is 29.1 Å². The lowest BCUT2D eigenvalue weighted by Gasteiger charge is -2.22. The second kappa shape index (κ2) is 9.79. The summed E-state index contributed by atoms with van der Waals surface area (Å²) >= 11 is 0. The van der Waals surface area contributed by atoms with E-state index in [9.17, 15) is 0 Å². The number of guanidine groups is 1. The van der Waals surface area contributed by atoms with E-state index in [1.165, 1.54) is 0 Å². The highest BCUT2D eigenvalue weighted by molar-refractivity contribution is 14.0. The summed E-state index contributed by atoms with van der Waals surface area (Å²) in [5, 5.41) is 13.7. The monoisotopic (exact) mass is 460 g/mol. The van der Waals surface area contributed by atoms with E-state index in [-0.39, 0.29) is 24.0 Å². The van der Waals surface area contributed by atoms with E-state index < -0.39 is 0 Å². The van der Waals surface area contributed by atoms with Gasteiger partial charge in [-0.05, 0) is 37.3 Å². The van der Waals surface area contributed by atoms with Gasteiger partial charge >= 0.3 is 0 Å². The Bertz CT molecular complexity index is 644. The third-order valence-corrected chi connectivity index (χ3v) is 3.63. The van der Waals surface area contributed by atoms with Crippen LogP contribution in [0.4, 0.5) is 0 Å². The number of halogens is 1. The number of aromatic amines is 1. The Morgan fingerprint density at radius 2 is 2.16 bits per heavy atom. The third kappa shape index (κ3) is 7.45. The van der Waals surface area contributed by atoms with Gasteiger partial charge in [0, 0.05) is 13.1 Å². The number of hydrogen-bond acceptors (Lipinski definition) is 4. The van der Waals surface area contributed by atoms with Crippen molar-refractivity contribution in [2.45, 2.75) is 53.1 Å². The molecule has 2 aromatic heterocycles. The van der Waals surface area contributed by atoms with Crippen LogP contribution in [0, 0.1) is 5.41 Å². The lowest BCUT2D eigenvalue weighted by Crippen LogP contribution is -2.42. The highest BCUT2D eigenvalue weighted by Crippen LogP contribution is 2.21. The van der Waals surface area contributed by atoms with Crippen LogP contribution in [-0.4, -0.2) is 34.2 Å². The largest absolute Gasteiger partial charge is 0.461 e. The van der Waals surface area contributed by atoms with Gasteiger partial charge in [-0.3, -0.25) is 10.1 Å². The molecule has 140 valence electrons. The average molecular weight is 460 g/mol. The number of aliphatic imine (C=N–C) groups is 1. The second-order valence-electron chi connectivity index (χ2n) is 7.15. The van der Waals surface area contributed by atoms with Gasteiger partial charge in [0.25, 0.3) is 0 Å². The maximum Gasteiger partial charge on any atom is 0.216 e. The maximum absolute atomic E-state index is 5.29. The molecule has 1 atom stereocenters. The molecule has 0 saturated carbocycles. The van der Waals surface area contributed by atoms with Crippen LogP contribution in [0.3, 0.4) is 0 Å². The van der Waals surface area contributed by atoms with E-state index in [4.69, 9.17) is 4.42 Å². The molecule has 7 nitrogen and oxygen atoms in total. The van der Waals surface area contributed by atoms with E-state index in [1.54, 1.807) is 13.3 Å². The van der Waals surface area contributed by atoms with Crippen molar-refractivity contribution in [3.8, 4) is 11.6 Å². The summed E-state index contributed by atoms with van der Waals surface area (Å²) in [6.45, 7) is 9.45. The van der Waals surface area contributed by atoms with Crippen LogP contribution >= 0.6 is 24.0 Å². The molecule has 0 amide bonds. The highest BCUT2D eigenvalue weighted by Gasteiger charge is 2.14. The van der Waals surface area contributed by atoms with Crippen LogP contribution in [0.1, 0.15) is 46.4 Å². The molecule has 0 aliphatic rings. The van der Waals surface area contributed by atoms with Crippen LogP contribution in [0.25, 0.3) is 11.6 Å². The Hall–Kier alpha value is -1.58. The molecule has 0 aliphatic carbocycles. The van der Waals surface area contributed by atoms with Gasteiger partial charge in [-0.25, -0.2) is 4.98 Å². The Morgan fingerprint density at radius 3 is 2.76 bits per heavy atom. The lowest BCUT2D eigenvalue weighted by atomic mass is 9.89. The SMILES string of the molecule is CN=C(NCc1nc(-c2ccco2)n[nH]1)NC(C)CCC(C)(C)C.I. The first kappa shape index (κ1) is 21.5. The molecule has 2 rings (SSSR count). The standard InChI is InChI=1S/C17H28N6O.HI/c1-12(8-9-17(2,3)4)20-16(18-5)19-11-14-21-15(23-22-14)13-7-6-10-24-13;/h6-7,10,12H,8-9,11H2,1-5H3,(H2,18,19,20)(H,21,22,23);1H. The Kier molecular flexibility index (Phi) is 8.40.